The predicted molar refractivity (Wildman–Crippen MR) is 76.3 cm³/mol. The van der Waals surface area contributed by atoms with Crippen molar-refractivity contribution in [3.63, 3.8) is 0 Å². The molecule has 7 heteroatoms. The molecule has 1 aromatic heterocycles. The normalized spacial score (nSPS) is 10.3. The van der Waals surface area contributed by atoms with E-state index in [0.29, 0.717) is 29.7 Å². The summed E-state index contributed by atoms with van der Waals surface area (Å²) >= 11 is 1.19. The minimum Gasteiger partial charge on any atom is -0.462 e. The van der Waals surface area contributed by atoms with Crippen LogP contribution in [0.2, 0.25) is 0 Å². The van der Waals surface area contributed by atoms with Crippen LogP contribution in [0.3, 0.4) is 0 Å². The average molecular weight is 301 g/mol. The Hall–Kier alpha value is -1.44. The molecule has 1 N–H and O–H groups in total. The van der Waals surface area contributed by atoms with Gasteiger partial charge in [-0.2, -0.15) is 0 Å². The highest BCUT2D eigenvalue weighted by molar-refractivity contribution is 7.18. The Kier molecular flexibility index (Phi) is 7.21. The molecule has 0 bridgehead atoms. The quantitative estimate of drug-likeness (QED) is 0.586. The maximum absolute atomic E-state index is 11.6. The molecule has 0 aliphatic rings. The fourth-order valence-corrected chi connectivity index (χ4v) is 2.41. The third-order valence-electron chi connectivity index (χ3n) is 2.31. The summed E-state index contributed by atoms with van der Waals surface area (Å²) in [5, 5.41) is 3.29. The molecule has 0 saturated carbocycles. The zero-order chi connectivity index (χ0) is 15.0. The van der Waals surface area contributed by atoms with Crippen molar-refractivity contribution in [3.05, 3.63) is 16.5 Å². The average Bonchev–Trinajstić information content (AvgIpc) is 2.76. The fraction of sp³-hybridized carbons (Fsp3) is 0.538. The van der Waals surface area contributed by atoms with Crippen LogP contribution in [0.4, 0.5) is 5.00 Å². The van der Waals surface area contributed by atoms with E-state index >= 15 is 0 Å². The minimum atomic E-state index is -0.369. The highest BCUT2D eigenvalue weighted by Gasteiger charge is 2.15. The number of anilines is 1. The molecule has 0 unspecified atom stereocenters. The summed E-state index contributed by atoms with van der Waals surface area (Å²) < 4.78 is 14.9. The van der Waals surface area contributed by atoms with Crippen LogP contribution in [-0.2, 0) is 19.0 Å². The van der Waals surface area contributed by atoms with Crippen LogP contribution in [0.15, 0.2) is 6.07 Å². The van der Waals surface area contributed by atoms with Gasteiger partial charge < -0.3 is 19.5 Å². The van der Waals surface area contributed by atoms with Gasteiger partial charge >= 0.3 is 5.97 Å². The van der Waals surface area contributed by atoms with E-state index in [0.717, 1.165) is 5.56 Å². The molecule has 6 nitrogen and oxygen atoms in total. The second kappa shape index (κ2) is 8.68. The number of carbonyl (C=O) groups is 2. The molecule has 112 valence electrons. The van der Waals surface area contributed by atoms with Crippen molar-refractivity contribution in [3.8, 4) is 0 Å². The van der Waals surface area contributed by atoms with E-state index in [-0.39, 0.29) is 18.5 Å². The van der Waals surface area contributed by atoms with Gasteiger partial charge in [0.25, 0.3) is 5.91 Å². The zero-order valence-electron chi connectivity index (χ0n) is 11.9. The van der Waals surface area contributed by atoms with E-state index in [1.807, 2.05) is 0 Å². The number of carbonyl (C=O) groups excluding carboxylic acids is 2. The molecule has 1 amide bonds. The van der Waals surface area contributed by atoms with Crippen LogP contribution < -0.4 is 5.32 Å². The Morgan fingerprint density at radius 1 is 1.35 bits per heavy atom. The summed E-state index contributed by atoms with van der Waals surface area (Å²) in [6, 6.07) is 1.74. The van der Waals surface area contributed by atoms with Crippen LogP contribution in [0, 0.1) is 6.92 Å². The lowest BCUT2D eigenvalue weighted by Crippen LogP contribution is -2.19. The summed E-state index contributed by atoms with van der Waals surface area (Å²) in [6.07, 6.45) is 0. The second-order valence-corrected chi connectivity index (χ2v) is 4.99. The van der Waals surface area contributed by atoms with Crippen molar-refractivity contribution in [2.75, 3.05) is 38.9 Å². The number of nitrogens with one attached hydrogen (secondary N) is 1. The highest BCUT2D eigenvalue weighted by Crippen LogP contribution is 2.27. The SMILES string of the molecule is CCOC(=O)c1sc(NC(=O)COCCOC)cc1C. The molecule has 0 aliphatic heterocycles. The number of ether oxygens (including phenoxy) is 3. The summed E-state index contributed by atoms with van der Waals surface area (Å²) in [5.41, 5.74) is 0.782. The van der Waals surface area contributed by atoms with Crippen LogP contribution >= 0.6 is 11.3 Å². The lowest BCUT2D eigenvalue weighted by Gasteiger charge is -2.03. The van der Waals surface area contributed by atoms with Crippen LogP contribution in [0.1, 0.15) is 22.2 Å². The maximum atomic E-state index is 11.6. The second-order valence-electron chi connectivity index (χ2n) is 3.94. The van der Waals surface area contributed by atoms with E-state index < -0.39 is 0 Å². The highest BCUT2D eigenvalue weighted by atomic mass is 32.1. The lowest BCUT2D eigenvalue weighted by molar-refractivity contribution is -0.121. The Labute approximate surface area is 122 Å². The molecular weight excluding hydrogens is 282 g/mol. The third kappa shape index (κ3) is 5.28. The lowest BCUT2D eigenvalue weighted by atomic mass is 10.3. The van der Waals surface area contributed by atoms with Gasteiger partial charge in [-0.05, 0) is 25.5 Å². The van der Waals surface area contributed by atoms with Crippen molar-refractivity contribution < 1.29 is 23.8 Å². The summed E-state index contributed by atoms with van der Waals surface area (Å²) in [4.78, 5) is 23.8. The first-order chi connectivity index (χ1) is 9.58. The van der Waals surface area contributed by atoms with E-state index in [4.69, 9.17) is 14.2 Å². The van der Waals surface area contributed by atoms with Gasteiger partial charge in [-0.25, -0.2) is 4.79 Å². The van der Waals surface area contributed by atoms with Crippen molar-refractivity contribution in [1.82, 2.24) is 0 Å². The molecular formula is C13H19NO5S. The van der Waals surface area contributed by atoms with Crippen LogP contribution in [-0.4, -0.2) is 45.4 Å². The summed E-state index contributed by atoms with van der Waals surface area (Å²) in [7, 11) is 1.56. The smallest absolute Gasteiger partial charge is 0.348 e. The number of aryl methyl sites for hydroxylation is 1. The van der Waals surface area contributed by atoms with Gasteiger partial charge in [-0.15, -0.1) is 11.3 Å². The number of hydrogen-bond acceptors (Lipinski definition) is 6. The number of rotatable bonds is 8. The first-order valence-electron chi connectivity index (χ1n) is 6.22. The zero-order valence-corrected chi connectivity index (χ0v) is 12.7. The Balaban J connectivity index is 2.50. The molecule has 1 rings (SSSR count). The molecule has 1 heterocycles. The standard InChI is InChI=1S/C13H19NO5S/c1-4-19-13(16)12-9(2)7-11(20-12)14-10(15)8-18-6-5-17-3/h7H,4-6,8H2,1-3H3,(H,14,15). The van der Waals surface area contributed by atoms with Crippen molar-refractivity contribution in [2.24, 2.45) is 0 Å². The van der Waals surface area contributed by atoms with Gasteiger partial charge in [0.05, 0.1) is 24.8 Å². The summed E-state index contributed by atoms with van der Waals surface area (Å²) in [6.45, 7) is 4.63. The maximum Gasteiger partial charge on any atom is 0.348 e. The van der Waals surface area contributed by atoms with E-state index in [2.05, 4.69) is 5.32 Å². The molecule has 0 fully saturated rings. The largest absolute Gasteiger partial charge is 0.462 e. The van der Waals surface area contributed by atoms with Gasteiger partial charge in [-0.3, -0.25) is 4.79 Å². The molecule has 20 heavy (non-hydrogen) atoms. The van der Waals surface area contributed by atoms with Gasteiger partial charge in [0, 0.05) is 7.11 Å². The predicted octanol–water partition coefficient (Wildman–Crippen LogP) is 1.83. The number of hydrogen-bond donors (Lipinski definition) is 1. The Bertz CT molecular complexity index is 458. The van der Waals surface area contributed by atoms with Crippen molar-refractivity contribution in [1.29, 1.82) is 0 Å². The minimum absolute atomic E-state index is 0.0466. The van der Waals surface area contributed by atoms with E-state index in [9.17, 15) is 9.59 Å². The summed E-state index contributed by atoms with van der Waals surface area (Å²) in [5.74, 6) is -0.635. The molecule has 0 radical (unpaired) electrons. The number of thiophene rings is 1. The van der Waals surface area contributed by atoms with Gasteiger partial charge in [-0.1, -0.05) is 0 Å². The third-order valence-corrected chi connectivity index (χ3v) is 3.44. The van der Waals surface area contributed by atoms with Crippen LogP contribution in [0.25, 0.3) is 0 Å². The Morgan fingerprint density at radius 2 is 2.10 bits per heavy atom. The van der Waals surface area contributed by atoms with Gasteiger partial charge in [0.15, 0.2) is 0 Å². The fourth-order valence-electron chi connectivity index (χ4n) is 1.42. The monoisotopic (exact) mass is 301 g/mol. The van der Waals surface area contributed by atoms with Crippen molar-refractivity contribution in [2.45, 2.75) is 13.8 Å². The molecule has 0 aromatic carbocycles. The van der Waals surface area contributed by atoms with Gasteiger partial charge in [0.2, 0.25) is 0 Å². The Morgan fingerprint density at radius 3 is 2.75 bits per heavy atom. The molecule has 0 aliphatic carbocycles. The van der Waals surface area contributed by atoms with E-state index in [1.165, 1.54) is 11.3 Å². The van der Waals surface area contributed by atoms with E-state index in [1.54, 1.807) is 27.0 Å². The molecule has 0 spiro atoms. The topological polar surface area (TPSA) is 73.9 Å². The molecule has 0 atom stereocenters. The van der Waals surface area contributed by atoms with Crippen LogP contribution in [0.5, 0.6) is 0 Å². The number of esters is 1. The molecule has 0 saturated heterocycles. The first-order valence-corrected chi connectivity index (χ1v) is 7.04. The molecule has 1 aromatic rings. The number of amides is 1. The number of methoxy groups -OCH3 is 1. The van der Waals surface area contributed by atoms with Gasteiger partial charge in [0.1, 0.15) is 11.5 Å². The first kappa shape index (κ1) is 16.6. The van der Waals surface area contributed by atoms with Crippen molar-refractivity contribution >= 4 is 28.2 Å².